The molecule has 1 fully saturated rings. The van der Waals surface area contributed by atoms with Gasteiger partial charge in [0.1, 0.15) is 11.5 Å². The molecule has 3 atom stereocenters. The molecule has 2 aromatic carbocycles. The zero-order chi connectivity index (χ0) is 15.3. The lowest BCUT2D eigenvalue weighted by Crippen LogP contribution is -2.23. The Morgan fingerprint density at radius 2 is 1.68 bits per heavy atom. The van der Waals surface area contributed by atoms with Crippen LogP contribution >= 0.6 is 8.46 Å². The molecule has 0 aromatic heterocycles. The van der Waals surface area contributed by atoms with Gasteiger partial charge in [0.25, 0.3) is 0 Å². The monoisotopic (exact) mass is 316 g/mol. The third-order valence-corrected chi connectivity index (χ3v) is 6.36. The van der Waals surface area contributed by atoms with Crippen LogP contribution in [-0.2, 0) is 4.57 Å². The van der Waals surface area contributed by atoms with Crippen molar-refractivity contribution in [1.82, 2.24) is 0 Å². The highest BCUT2D eigenvalue weighted by Gasteiger charge is 2.37. The van der Waals surface area contributed by atoms with Gasteiger partial charge in [-0.1, -0.05) is 43.9 Å². The van der Waals surface area contributed by atoms with Crippen molar-refractivity contribution in [3.63, 3.8) is 0 Å². The predicted molar refractivity (Wildman–Crippen MR) is 90.5 cm³/mol. The molecule has 0 radical (unpaired) electrons. The van der Waals surface area contributed by atoms with Crippen LogP contribution in [0.1, 0.15) is 61.5 Å². The first kappa shape index (κ1) is 14.1. The van der Waals surface area contributed by atoms with Crippen LogP contribution in [0.2, 0.25) is 0 Å². The number of hydrogen-bond donors (Lipinski definition) is 2. The number of phenols is 2. The molecule has 0 aliphatic heterocycles. The third kappa shape index (κ3) is 1.85. The summed E-state index contributed by atoms with van der Waals surface area (Å²) in [7, 11) is -1.26. The molecule has 4 rings (SSSR count). The fourth-order valence-electron chi connectivity index (χ4n) is 4.57. The van der Waals surface area contributed by atoms with Gasteiger partial charge in [0, 0.05) is 16.3 Å². The van der Waals surface area contributed by atoms with Crippen molar-refractivity contribution < 1.29 is 14.8 Å². The summed E-state index contributed by atoms with van der Waals surface area (Å²) in [6, 6.07) is 5.86. The lowest BCUT2D eigenvalue weighted by molar-refractivity contribution is 0.382. The highest BCUT2D eigenvalue weighted by atomic mass is 31.1. The van der Waals surface area contributed by atoms with Gasteiger partial charge in [-0.2, -0.15) is 0 Å². The Bertz CT molecular complexity index is 769. The minimum absolute atomic E-state index is 0.121. The van der Waals surface area contributed by atoms with Gasteiger partial charge in [-0.25, -0.2) is 0 Å². The van der Waals surface area contributed by atoms with Gasteiger partial charge in [-0.05, 0) is 30.2 Å². The lowest BCUT2D eigenvalue weighted by Gasteiger charge is -2.36. The highest BCUT2D eigenvalue weighted by molar-refractivity contribution is 7.34. The number of rotatable bonds is 1. The molecule has 0 heterocycles. The molecule has 2 aliphatic carbocycles. The molecule has 0 spiro atoms. The SMILES string of the molecule is O=[PH2]c1c2c(O)c3c(cccc3c1O)C1CCCCCCC21. The predicted octanol–water partition coefficient (Wildman–Crippen LogP) is 4.17. The van der Waals surface area contributed by atoms with Gasteiger partial charge in [0.15, 0.2) is 0 Å². The van der Waals surface area contributed by atoms with Crippen LogP contribution in [0.5, 0.6) is 11.5 Å². The van der Waals surface area contributed by atoms with E-state index in [2.05, 4.69) is 6.07 Å². The molecule has 2 aromatic rings. The zero-order valence-electron chi connectivity index (χ0n) is 12.5. The number of benzene rings is 2. The van der Waals surface area contributed by atoms with Gasteiger partial charge in [0.05, 0.1) is 13.8 Å². The van der Waals surface area contributed by atoms with E-state index in [0.29, 0.717) is 16.6 Å². The summed E-state index contributed by atoms with van der Waals surface area (Å²) < 4.78 is 11.8. The van der Waals surface area contributed by atoms with E-state index in [-0.39, 0.29) is 17.4 Å². The maximum Gasteiger partial charge on any atom is 0.134 e. The summed E-state index contributed by atoms with van der Waals surface area (Å²) in [5, 5.41) is 23.3. The Kier molecular flexibility index (Phi) is 3.41. The topological polar surface area (TPSA) is 57.5 Å². The van der Waals surface area contributed by atoms with Gasteiger partial charge in [-0.15, -0.1) is 0 Å². The Labute approximate surface area is 131 Å². The largest absolute Gasteiger partial charge is 0.507 e. The minimum Gasteiger partial charge on any atom is -0.507 e. The van der Waals surface area contributed by atoms with Crippen LogP contribution in [0.25, 0.3) is 10.8 Å². The van der Waals surface area contributed by atoms with E-state index >= 15 is 0 Å². The summed E-state index contributed by atoms with van der Waals surface area (Å²) in [6.07, 6.45) is 6.94. The number of fused-ring (bicyclic) bond motifs is 4. The average molecular weight is 316 g/mol. The Hall–Kier alpha value is -1.47. The summed E-state index contributed by atoms with van der Waals surface area (Å²) in [5.41, 5.74) is 1.94. The summed E-state index contributed by atoms with van der Waals surface area (Å²) in [6.45, 7) is 0. The summed E-state index contributed by atoms with van der Waals surface area (Å²) in [4.78, 5) is 0. The van der Waals surface area contributed by atoms with Gasteiger partial charge in [-0.3, -0.25) is 0 Å². The first-order valence-electron chi connectivity index (χ1n) is 8.19. The van der Waals surface area contributed by atoms with Crippen LogP contribution in [0, 0.1) is 0 Å². The van der Waals surface area contributed by atoms with Crippen molar-refractivity contribution in [1.29, 1.82) is 0 Å². The second-order valence-electron chi connectivity index (χ2n) is 6.62. The fourth-order valence-corrected chi connectivity index (χ4v) is 5.32. The van der Waals surface area contributed by atoms with E-state index in [1.807, 2.05) is 12.1 Å². The van der Waals surface area contributed by atoms with E-state index in [9.17, 15) is 14.8 Å². The smallest absolute Gasteiger partial charge is 0.134 e. The normalized spacial score (nSPS) is 24.5. The van der Waals surface area contributed by atoms with Crippen molar-refractivity contribution in [2.24, 2.45) is 0 Å². The molecule has 116 valence electrons. The molecule has 22 heavy (non-hydrogen) atoms. The zero-order valence-corrected chi connectivity index (χ0v) is 13.7. The first-order chi connectivity index (χ1) is 10.7. The van der Waals surface area contributed by atoms with Crippen LogP contribution < -0.4 is 5.30 Å². The molecule has 0 amide bonds. The van der Waals surface area contributed by atoms with Crippen LogP contribution in [0.3, 0.4) is 0 Å². The molecule has 1 saturated carbocycles. The van der Waals surface area contributed by atoms with E-state index in [1.54, 1.807) is 0 Å². The maximum absolute atomic E-state index is 11.8. The molecular formula is C18H21O3P. The van der Waals surface area contributed by atoms with E-state index < -0.39 is 8.46 Å². The van der Waals surface area contributed by atoms with Crippen LogP contribution in [0.4, 0.5) is 0 Å². The fraction of sp³-hybridized carbons (Fsp3) is 0.444. The molecule has 3 unspecified atom stereocenters. The summed E-state index contributed by atoms with van der Waals surface area (Å²) in [5.74, 6) is 0.968. The van der Waals surface area contributed by atoms with Gasteiger partial charge >= 0.3 is 0 Å². The summed E-state index contributed by atoms with van der Waals surface area (Å²) >= 11 is 0. The van der Waals surface area contributed by atoms with E-state index in [1.165, 1.54) is 19.3 Å². The molecule has 2 N–H and O–H groups in total. The second-order valence-corrected chi connectivity index (χ2v) is 7.43. The van der Waals surface area contributed by atoms with Crippen molar-refractivity contribution in [3.05, 3.63) is 29.3 Å². The average Bonchev–Trinajstić information content (AvgIpc) is 2.50. The molecule has 3 nitrogen and oxygen atoms in total. The Balaban J connectivity index is 2.08. The Morgan fingerprint density at radius 1 is 0.955 bits per heavy atom. The van der Waals surface area contributed by atoms with Crippen LogP contribution in [-0.4, -0.2) is 10.2 Å². The molecular weight excluding hydrogens is 295 g/mol. The van der Waals surface area contributed by atoms with Crippen LogP contribution in [0.15, 0.2) is 18.2 Å². The molecule has 2 aliphatic rings. The maximum atomic E-state index is 11.8. The minimum atomic E-state index is -1.26. The number of aromatic hydroxyl groups is 2. The van der Waals surface area contributed by atoms with Crippen molar-refractivity contribution in [2.45, 2.75) is 50.4 Å². The third-order valence-electron chi connectivity index (χ3n) is 5.54. The van der Waals surface area contributed by atoms with E-state index in [4.69, 9.17) is 0 Å². The van der Waals surface area contributed by atoms with Crippen molar-refractivity contribution in [3.8, 4) is 11.5 Å². The van der Waals surface area contributed by atoms with Crippen molar-refractivity contribution in [2.75, 3.05) is 0 Å². The van der Waals surface area contributed by atoms with Gasteiger partial charge < -0.3 is 14.8 Å². The standard InChI is InChI=1S/C18H21O3P/c19-16-13-9-5-8-11-10-6-3-1-2-4-7-12(10)15(18(16)22-21)17(20)14(11)13/h5,8-10,12,19-20H,1-4,6-7,22H2. The second kappa shape index (κ2) is 5.31. The van der Waals surface area contributed by atoms with E-state index in [0.717, 1.165) is 35.8 Å². The van der Waals surface area contributed by atoms with Gasteiger partial charge in [0.2, 0.25) is 0 Å². The quantitative estimate of drug-likeness (QED) is 0.613. The number of hydrogen-bond acceptors (Lipinski definition) is 3. The lowest BCUT2D eigenvalue weighted by atomic mass is 9.69. The molecule has 4 heteroatoms. The van der Waals surface area contributed by atoms with Crippen molar-refractivity contribution >= 4 is 24.5 Å². The highest BCUT2D eigenvalue weighted by Crippen LogP contribution is 2.54. The first-order valence-corrected chi connectivity index (χ1v) is 9.24. The Morgan fingerprint density at radius 3 is 2.41 bits per heavy atom. The molecule has 2 bridgehead atoms. The number of phenolic OH excluding ortho intramolecular Hbond substituents is 2. The molecule has 0 saturated heterocycles.